The maximum absolute atomic E-state index is 4.82. The molecule has 0 amide bonds. The number of rotatable bonds is 2. The van der Waals surface area contributed by atoms with Crippen molar-refractivity contribution in [3.63, 3.8) is 0 Å². The van der Waals surface area contributed by atoms with Gasteiger partial charge in [0.05, 0.1) is 16.4 Å². The summed E-state index contributed by atoms with van der Waals surface area (Å²) < 4.78 is 1.86. The van der Waals surface area contributed by atoms with E-state index in [-0.39, 0.29) is 12.4 Å². The fraction of sp³-hybridized carbons (Fsp3) is 0.538. The summed E-state index contributed by atoms with van der Waals surface area (Å²) >= 11 is 1.79. The van der Waals surface area contributed by atoms with Gasteiger partial charge in [0.25, 0.3) is 0 Å². The molecule has 1 N–H and O–H groups in total. The highest BCUT2D eigenvalue weighted by Crippen LogP contribution is 2.31. The first-order chi connectivity index (χ1) is 8.74. The lowest BCUT2D eigenvalue weighted by Gasteiger charge is -2.20. The molecule has 6 heteroatoms. The average Bonchev–Trinajstić information content (AvgIpc) is 2.97. The summed E-state index contributed by atoms with van der Waals surface area (Å²) in [5.41, 5.74) is 3.30. The normalized spacial score (nSPS) is 16.3. The summed E-state index contributed by atoms with van der Waals surface area (Å²) in [6.07, 6.45) is 4.47. The standard InChI is InChI=1S/C13H18N4S.ClH/c1-9-11(7-17(2)16-9)12-8-18-13(15-12)10-3-5-14-6-4-10;/h7-8,10,14H,3-6H2,1-2H3;1H. The Morgan fingerprint density at radius 2 is 2.11 bits per heavy atom. The summed E-state index contributed by atoms with van der Waals surface area (Å²) in [5.74, 6) is 0.641. The second kappa shape index (κ2) is 6.03. The largest absolute Gasteiger partial charge is 0.317 e. The lowest BCUT2D eigenvalue weighted by molar-refractivity contribution is 0.459. The van der Waals surface area contributed by atoms with Gasteiger partial charge in [-0.3, -0.25) is 4.68 Å². The fourth-order valence-corrected chi connectivity index (χ4v) is 3.51. The van der Waals surface area contributed by atoms with Gasteiger partial charge in [0.15, 0.2) is 0 Å². The quantitative estimate of drug-likeness (QED) is 0.927. The molecule has 0 aromatic carbocycles. The summed E-state index contributed by atoms with van der Waals surface area (Å²) in [7, 11) is 1.95. The number of thiazole rings is 1. The second-order valence-electron chi connectivity index (χ2n) is 4.90. The molecule has 0 radical (unpaired) electrons. The van der Waals surface area contributed by atoms with E-state index >= 15 is 0 Å². The van der Waals surface area contributed by atoms with Gasteiger partial charge in [-0.2, -0.15) is 5.10 Å². The van der Waals surface area contributed by atoms with Gasteiger partial charge in [0.1, 0.15) is 0 Å². The van der Waals surface area contributed by atoms with Crippen molar-refractivity contribution >= 4 is 23.7 Å². The van der Waals surface area contributed by atoms with Gasteiger partial charge in [-0.05, 0) is 32.9 Å². The maximum Gasteiger partial charge on any atom is 0.0964 e. The average molecular weight is 299 g/mol. The third-order valence-electron chi connectivity index (χ3n) is 3.50. The van der Waals surface area contributed by atoms with Crippen LogP contribution in [0.5, 0.6) is 0 Å². The smallest absolute Gasteiger partial charge is 0.0964 e. The van der Waals surface area contributed by atoms with Crippen LogP contribution in [0.25, 0.3) is 11.3 Å². The number of nitrogens with zero attached hydrogens (tertiary/aromatic N) is 3. The van der Waals surface area contributed by atoms with Gasteiger partial charge >= 0.3 is 0 Å². The molecule has 0 atom stereocenters. The highest BCUT2D eigenvalue weighted by atomic mass is 35.5. The SMILES string of the molecule is Cc1nn(C)cc1-c1csc(C2CCNCC2)n1.Cl. The van der Waals surface area contributed by atoms with Crippen LogP contribution in [-0.2, 0) is 7.05 Å². The number of hydrogen-bond acceptors (Lipinski definition) is 4. The van der Waals surface area contributed by atoms with Crippen molar-refractivity contribution < 1.29 is 0 Å². The summed E-state index contributed by atoms with van der Waals surface area (Å²) in [6.45, 7) is 4.27. The van der Waals surface area contributed by atoms with Crippen LogP contribution < -0.4 is 5.32 Å². The van der Waals surface area contributed by atoms with E-state index in [0.717, 1.165) is 30.0 Å². The number of nitrogens with one attached hydrogen (secondary N) is 1. The highest BCUT2D eigenvalue weighted by Gasteiger charge is 2.19. The summed E-state index contributed by atoms with van der Waals surface area (Å²) in [6, 6.07) is 0. The van der Waals surface area contributed by atoms with Crippen molar-refractivity contribution in [3.05, 3.63) is 22.3 Å². The van der Waals surface area contributed by atoms with Crippen LogP contribution in [0.1, 0.15) is 29.5 Å². The topological polar surface area (TPSA) is 42.7 Å². The molecular weight excluding hydrogens is 280 g/mol. The first-order valence-corrected chi connectivity index (χ1v) is 7.29. The Bertz CT molecular complexity index is 543. The van der Waals surface area contributed by atoms with Crippen LogP contribution in [0.3, 0.4) is 0 Å². The van der Waals surface area contributed by atoms with Crippen LogP contribution in [0.2, 0.25) is 0 Å². The van der Waals surface area contributed by atoms with Crippen LogP contribution in [-0.4, -0.2) is 27.9 Å². The van der Waals surface area contributed by atoms with Crippen LogP contribution in [0.15, 0.2) is 11.6 Å². The van der Waals surface area contributed by atoms with E-state index < -0.39 is 0 Å². The minimum Gasteiger partial charge on any atom is -0.317 e. The van der Waals surface area contributed by atoms with Crippen molar-refractivity contribution in [1.82, 2.24) is 20.1 Å². The Labute approximate surface area is 123 Å². The van der Waals surface area contributed by atoms with Crippen molar-refractivity contribution in [2.75, 3.05) is 13.1 Å². The van der Waals surface area contributed by atoms with E-state index in [1.807, 2.05) is 18.7 Å². The fourth-order valence-electron chi connectivity index (χ4n) is 2.52. The van der Waals surface area contributed by atoms with E-state index in [4.69, 9.17) is 4.98 Å². The first-order valence-electron chi connectivity index (χ1n) is 6.41. The number of piperidine rings is 1. The third-order valence-corrected chi connectivity index (χ3v) is 4.51. The predicted molar refractivity (Wildman–Crippen MR) is 81.1 cm³/mol. The molecule has 19 heavy (non-hydrogen) atoms. The summed E-state index contributed by atoms with van der Waals surface area (Å²) in [5, 5.41) is 11.2. The molecule has 1 aliphatic rings. The van der Waals surface area contributed by atoms with Gasteiger partial charge in [-0.1, -0.05) is 0 Å². The minimum atomic E-state index is 0. The zero-order valence-corrected chi connectivity index (χ0v) is 12.9. The molecule has 3 rings (SSSR count). The zero-order chi connectivity index (χ0) is 12.5. The number of aryl methyl sites for hydroxylation is 2. The highest BCUT2D eigenvalue weighted by molar-refractivity contribution is 7.10. The Balaban J connectivity index is 0.00000133. The van der Waals surface area contributed by atoms with Crippen LogP contribution in [0.4, 0.5) is 0 Å². The molecule has 1 fully saturated rings. The Kier molecular flexibility index (Phi) is 4.60. The van der Waals surface area contributed by atoms with E-state index in [1.165, 1.54) is 17.8 Å². The maximum atomic E-state index is 4.82. The van der Waals surface area contributed by atoms with Crippen molar-refractivity contribution in [3.8, 4) is 11.3 Å². The Morgan fingerprint density at radius 1 is 1.37 bits per heavy atom. The molecule has 0 saturated carbocycles. The minimum absolute atomic E-state index is 0. The number of hydrogen-bond donors (Lipinski definition) is 1. The zero-order valence-electron chi connectivity index (χ0n) is 11.2. The lowest BCUT2D eigenvalue weighted by Crippen LogP contribution is -2.26. The molecule has 2 aromatic rings. The van der Waals surface area contributed by atoms with E-state index in [2.05, 4.69) is 22.0 Å². The van der Waals surface area contributed by atoms with E-state index in [0.29, 0.717) is 5.92 Å². The summed E-state index contributed by atoms with van der Waals surface area (Å²) in [4.78, 5) is 4.82. The molecule has 0 aliphatic carbocycles. The molecular formula is C13H19ClN4S. The van der Waals surface area contributed by atoms with Crippen molar-refractivity contribution in [1.29, 1.82) is 0 Å². The van der Waals surface area contributed by atoms with Gasteiger partial charge in [0, 0.05) is 30.1 Å². The van der Waals surface area contributed by atoms with E-state index in [9.17, 15) is 0 Å². The molecule has 2 aromatic heterocycles. The van der Waals surface area contributed by atoms with Crippen molar-refractivity contribution in [2.24, 2.45) is 7.05 Å². The monoisotopic (exact) mass is 298 g/mol. The molecule has 3 heterocycles. The Hall–Kier alpha value is -0.910. The molecule has 0 bridgehead atoms. The van der Waals surface area contributed by atoms with Crippen LogP contribution >= 0.6 is 23.7 Å². The molecule has 0 spiro atoms. The number of aromatic nitrogens is 3. The molecule has 1 aliphatic heterocycles. The second-order valence-corrected chi connectivity index (χ2v) is 5.79. The molecule has 4 nitrogen and oxygen atoms in total. The van der Waals surface area contributed by atoms with Gasteiger partial charge in [0.2, 0.25) is 0 Å². The number of halogens is 1. The van der Waals surface area contributed by atoms with E-state index in [1.54, 1.807) is 11.3 Å². The molecule has 0 unspecified atom stereocenters. The lowest BCUT2D eigenvalue weighted by atomic mass is 9.99. The van der Waals surface area contributed by atoms with Gasteiger partial charge in [-0.15, -0.1) is 23.7 Å². The molecule has 1 saturated heterocycles. The Morgan fingerprint density at radius 3 is 2.74 bits per heavy atom. The predicted octanol–water partition coefficient (Wildman–Crippen LogP) is 2.74. The first kappa shape index (κ1) is 14.5. The van der Waals surface area contributed by atoms with Gasteiger partial charge < -0.3 is 5.32 Å². The van der Waals surface area contributed by atoms with Crippen LogP contribution in [0, 0.1) is 6.92 Å². The van der Waals surface area contributed by atoms with Gasteiger partial charge in [-0.25, -0.2) is 4.98 Å². The third kappa shape index (κ3) is 2.99. The van der Waals surface area contributed by atoms with Crippen molar-refractivity contribution in [2.45, 2.75) is 25.7 Å². The molecule has 104 valence electrons.